The van der Waals surface area contributed by atoms with Crippen molar-refractivity contribution in [2.45, 2.75) is 49.1 Å². The molecule has 51 heavy (non-hydrogen) atoms. The third-order valence-electron chi connectivity index (χ3n) is 7.36. The molecule has 2 radical (unpaired) electrons. The van der Waals surface area contributed by atoms with Crippen LogP contribution in [0.4, 0.5) is 11.9 Å². The number of nitrogens with one attached hydrogen (secondary N) is 2. The highest BCUT2D eigenvalue weighted by molar-refractivity contribution is 7.86. The molecule has 12 N–H and O–H groups in total. The van der Waals surface area contributed by atoms with Gasteiger partial charge in [-0.05, 0) is 0 Å². The van der Waals surface area contributed by atoms with Crippen LogP contribution in [0.3, 0.4) is 0 Å². The van der Waals surface area contributed by atoms with E-state index in [2.05, 4.69) is 47.6 Å². The van der Waals surface area contributed by atoms with Gasteiger partial charge >= 0.3 is 15.6 Å². The molecule has 2 aliphatic heterocycles. The topological polar surface area (TPSA) is 407 Å². The number of hydrogen-bond acceptors (Lipinski definition) is 21. The SMILES string of the molecule is [B]P(=O)(OP(=O)(O)OC[C@H]1O[C@@H](n2cnc3c(=O)[nH]c(N)nc32)C(O)C1O)OP(=O)(O)OC[C@H]1O[C@@H](n2cnc3c(=O)[nH]c(N)nc32)C(O)C1O. The maximum absolute atomic E-state index is 12.6. The van der Waals surface area contributed by atoms with Gasteiger partial charge in [-0.25, -0.2) is 27.7 Å². The number of aromatic nitrogens is 8. The van der Waals surface area contributed by atoms with Crippen molar-refractivity contribution in [1.82, 2.24) is 39.0 Å². The van der Waals surface area contributed by atoms with E-state index in [-0.39, 0.29) is 34.2 Å². The quantitative estimate of drug-likeness (QED) is 0.0486. The van der Waals surface area contributed by atoms with E-state index < -0.39 is 96.5 Å². The molecule has 6 rings (SSSR count). The zero-order valence-corrected chi connectivity index (χ0v) is 27.8. The predicted octanol–water partition coefficient (Wildman–Crippen LogP) is -3.80. The first-order valence-electron chi connectivity index (χ1n) is 14.0. The second-order valence-corrected chi connectivity index (χ2v) is 15.7. The van der Waals surface area contributed by atoms with E-state index in [9.17, 15) is 53.5 Å². The van der Waals surface area contributed by atoms with Crippen LogP contribution in [-0.4, -0.2) is 127 Å². The number of nitrogens with zero attached hydrogens (tertiary/aromatic N) is 6. The molecule has 2 aliphatic rings. The first-order valence-corrected chi connectivity index (χ1v) is 18.6. The Morgan fingerprint density at radius 3 is 1.49 bits per heavy atom. The minimum atomic E-state index is -5.56. The average molecular weight is 782 g/mol. The number of H-pyrrole nitrogens is 2. The van der Waals surface area contributed by atoms with Gasteiger partial charge in [-0.2, -0.15) is 9.97 Å². The first-order chi connectivity index (χ1) is 23.8. The Morgan fingerprint density at radius 2 is 1.12 bits per heavy atom. The minimum Gasteiger partial charge on any atom is -0.387 e. The van der Waals surface area contributed by atoms with Crippen LogP contribution in [-0.2, 0) is 40.8 Å². The van der Waals surface area contributed by atoms with E-state index in [1.807, 2.05) is 0 Å². The number of nitrogen functional groups attached to an aromatic ring is 2. The van der Waals surface area contributed by atoms with Crippen LogP contribution in [0.1, 0.15) is 12.5 Å². The molecule has 276 valence electrons. The van der Waals surface area contributed by atoms with Gasteiger partial charge in [0.25, 0.3) is 18.6 Å². The summed E-state index contributed by atoms with van der Waals surface area (Å²) in [5, 5.41) is 41.9. The Bertz CT molecular complexity index is 2080. The van der Waals surface area contributed by atoms with Gasteiger partial charge in [0, 0.05) is 0 Å². The Hall–Kier alpha value is -3.43. The molecule has 10 atom stereocenters. The van der Waals surface area contributed by atoms with Crippen LogP contribution in [0.2, 0.25) is 0 Å². The largest absolute Gasteiger partial charge is 0.478 e. The molecule has 0 saturated carbocycles. The number of aliphatic hydroxyl groups is 4. The van der Waals surface area contributed by atoms with Gasteiger partial charge < -0.3 is 51.2 Å². The van der Waals surface area contributed by atoms with E-state index >= 15 is 0 Å². The molecular weight excluding hydrogens is 756 g/mol. The Labute approximate surface area is 282 Å². The van der Waals surface area contributed by atoms with Crippen molar-refractivity contribution in [2.24, 2.45) is 0 Å². The standard InChI is InChI=1S/C20H26BN10O17P3/c21-49(38,47-50(39,40)43-1-5-9(32)11(34)17(45-5)30-3-24-7-13(30)26-19(22)28-15(7)36)48-51(41,42)44-2-6-10(33)12(35)18(46-6)31-4-25-8-14(31)27-20(23)29-16(8)37/h3-6,9-12,17-18,32-35H,1-2H2,(H,39,40)(H,41,42)(H3,22,26,28,36)(H3,23,27,29,37)/t5-,6-,9?,10?,11?,12?,17-,18-,49?/m1/s1. The molecule has 0 amide bonds. The maximum atomic E-state index is 12.6. The number of fused-ring (bicyclic) bond motifs is 2. The number of rotatable bonds is 12. The van der Waals surface area contributed by atoms with Crippen molar-refractivity contribution >= 4 is 64.9 Å². The summed E-state index contributed by atoms with van der Waals surface area (Å²) in [5.41, 5.74) is 9.01. The lowest BCUT2D eigenvalue weighted by atomic mass is 10.1. The fourth-order valence-electron chi connectivity index (χ4n) is 5.14. The number of hydrogen-bond donors (Lipinski definition) is 10. The lowest BCUT2D eigenvalue weighted by Crippen LogP contribution is -2.33. The van der Waals surface area contributed by atoms with Crippen LogP contribution in [0, 0.1) is 0 Å². The lowest BCUT2D eigenvalue weighted by molar-refractivity contribution is -0.0506. The van der Waals surface area contributed by atoms with Gasteiger partial charge in [-0.15, -0.1) is 0 Å². The van der Waals surface area contributed by atoms with Crippen LogP contribution in [0.5, 0.6) is 0 Å². The molecule has 0 bridgehead atoms. The number of nitrogens with two attached hydrogens (primary N) is 2. The summed E-state index contributed by atoms with van der Waals surface area (Å²) in [6.07, 6.45) is -11.1. The number of aromatic amines is 2. The number of imidazole rings is 2. The first kappa shape index (κ1) is 37.3. The van der Waals surface area contributed by atoms with Crippen LogP contribution in [0.25, 0.3) is 22.3 Å². The van der Waals surface area contributed by atoms with E-state index in [0.29, 0.717) is 0 Å². The predicted molar refractivity (Wildman–Crippen MR) is 164 cm³/mol. The second kappa shape index (κ2) is 13.5. The summed E-state index contributed by atoms with van der Waals surface area (Å²) in [6, 6.07) is 0. The summed E-state index contributed by atoms with van der Waals surface area (Å²) in [6.45, 7) is -2.08. The fourth-order valence-corrected chi connectivity index (χ4v) is 8.87. The van der Waals surface area contributed by atoms with Crippen molar-refractivity contribution in [1.29, 1.82) is 0 Å². The normalized spacial score (nSPS) is 30.4. The number of aliphatic hydroxyl groups excluding tert-OH is 4. The molecule has 0 aromatic carbocycles. The summed E-state index contributed by atoms with van der Waals surface area (Å²) < 4.78 is 68.5. The molecule has 2 saturated heterocycles. The Morgan fingerprint density at radius 1 is 0.745 bits per heavy atom. The molecule has 27 nitrogen and oxygen atoms in total. The van der Waals surface area contributed by atoms with Crippen molar-refractivity contribution in [2.75, 3.05) is 24.7 Å². The van der Waals surface area contributed by atoms with E-state index in [0.717, 1.165) is 21.8 Å². The molecule has 0 aliphatic carbocycles. The zero-order chi connectivity index (χ0) is 37.2. The molecule has 4 aromatic heterocycles. The van der Waals surface area contributed by atoms with Gasteiger partial charge in [0.2, 0.25) is 19.5 Å². The van der Waals surface area contributed by atoms with E-state index in [1.54, 1.807) is 0 Å². The van der Waals surface area contributed by atoms with Crippen LogP contribution < -0.4 is 22.6 Å². The monoisotopic (exact) mass is 782 g/mol. The smallest absolute Gasteiger partial charge is 0.387 e. The third kappa shape index (κ3) is 7.57. The molecule has 4 aromatic rings. The second-order valence-electron chi connectivity index (χ2n) is 10.9. The minimum absolute atomic E-state index is 0.139. The molecule has 31 heteroatoms. The fraction of sp³-hybridized carbons (Fsp3) is 0.500. The van der Waals surface area contributed by atoms with Crippen molar-refractivity contribution in [3.63, 3.8) is 0 Å². The van der Waals surface area contributed by atoms with Crippen LogP contribution >= 0.6 is 23.1 Å². The summed E-state index contributed by atoms with van der Waals surface area (Å²) in [5.74, 6) is -0.598. The summed E-state index contributed by atoms with van der Waals surface area (Å²) >= 11 is 0. The molecular formula is C20H26BN10O17P3. The Kier molecular flexibility index (Phi) is 9.90. The van der Waals surface area contributed by atoms with Gasteiger partial charge in [0.15, 0.2) is 34.8 Å². The van der Waals surface area contributed by atoms with Gasteiger partial charge in [0.1, 0.15) is 36.6 Å². The van der Waals surface area contributed by atoms with Gasteiger partial charge in [-0.1, -0.05) is 0 Å². The van der Waals surface area contributed by atoms with Crippen molar-refractivity contribution in [3.05, 3.63) is 33.4 Å². The van der Waals surface area contributed by atoms with Gasteiger partial charge in [0.05, 0.1) is 25.9 Å². The molecule has 0 spiro atoms. The number of phosphoric ester groups is 2. The number of ether oxygens (including phenoxy) is 2. The van der Waals surface area contributed by atoms with Gasteiger partial charge in [-0.3, -0.25) is 42.3 Å². The highest BCUT2D eigenvalue weighted by Crippen LogP contribution is 2.67. The highest BCUT2D eigenvalue weighted by atomic mass is 31.3. The lowest BCUT2D eigenvalue weighted by Gasteiger charge is -2.22. The zero-order valence-electron chi connectivity index (χ0n) is 25.1. The number of phosphoric acid groups is 2. The molecule has 6 heterocycles. The molecule has 2 fully saturated rings. The maximum Gasteiger partial charge on any atom is 0.478 e. The van der Waals surface area contributed by atoms with E-state index in [1.165, 1.54) is 0 Å². The third-order valence-corrected chi connectivity index (χ3v) is 11.8. The van der Waals surface area contributed by atoms with Crippen LogP contribution in [0.15, 0.2) is 22.2 Å². The summed E-state index contributed by atoms with van der Waals surface area (Å²) in [7, 11) is -11.4. The molecule has 6 unspecified atom stereocenters. The average Bonchev–Trinajstić information content (AvgIpc) is 3.76. The highest BCUT2D eigenvalue weighted by Gasteiger charge is 2.48. The summed E-state index contributed by atoms with van der Waals surface area (Å²) in [4.78, 5) is 64.2. The number of anilines is 2. The Balaban J connectivity index is 1.04. The van der Waals surface area contributed by atoms with Crippen molar-refractivity contribution in [3.8, 4) is 0 Å². The van der Waals surface area contributed by atoms with E-state index in [4.69, 9.17) is 28.5 Å². The van der Waals surface area contributed by atoms with Crippen molar-refractivity contribution < 1.29 is 71.1 Å².